The van der Waals surface area contributed by atoms with Crippen LogP contribution < -0.4 is 19.6 Å². The minimum absolute atomic E-state index is 0.502. The largest absolute Gasteiger partial charge is 0.316 e. The van der Waals surface area contributed by atoms with Gasteiger partial charge in [-0.25, -0.2) is 5.43 Å². The first-order valence-corrected chi connectivity index (χ1v) is 5.14. The van der Waals surface area contributed by atoms with Gasteiger partial charge in [-0.2, -0.15) is 18.6 Å². The molecule has 6 nitrogen and oxygen atoms in total. The summed E-state index contributed by atoms with van der Waals surface area (Å²) in [7, 11) is -2.77. The lowest BCUT2D eigenvalue weighted by atomic mass is 10.7. The van der Waals surface area contributed by atoms with Crippen molar-refractivity contribution in [3.63, 3.8) is 0 Å². The highest BCUT2D eigenvalue weighted by Gasteiger charge is 2.30. The van der Waals surface area contributed by atoms with E-state index in [-0.39, 0.29) is 0 Å². The molecular formula is C2H6FN4O2PS. The average Bonchev–Trinajstić information content (AvgIpc) is 1.83. The molecule has 11 heavy (non-hydrogen) atoms. The second-order valence-corrected chi connectivity index (χ2v) is 4.82. The molecule has 4 N–H and O–H groups in total. The fourth-order valence-electron chi connectivity index (χ4n) is 0.395. The molecule has 0 radical (unpaired) electrons. The Morgan fingerprint density at radius 2 is 2.27 bits per heavy atom. The zero-order valence-electron chi connectivity index (χ0n) is 5.26. The van der Waals surface area contributed by atoms with Crippen LogP contribution >= 0.6 is 19.7 Å². The minimum atomic E-state index is -2.77. The van der Waals surface area contributed by atoms with Crippen molar-refractivity contribution in [3.8, 4) is 0 Å². The van der Waals surface area contributed by atoms with E-state index in [1.807, 2.05) is 0 Å². The van der Waals surface area contributed by atoms with E-state index in [9.17, 15) is 13.8 Å². The number of hydrazine groups is 1. The Hall–Kier alpha value is 0.0200. The molecule has 1 heterocycles. The Morgan fingerprint density at radius 3 is 2.64 bits per heavy atom. The molecule has 0 aliphatic carbocycles. The molecule has 1 saturated heterocycles. The van der Waals surface area contributed by atoms with Crippen LogP contribution in [0.25, 0.3) is 0 Å². The van der Waals surface area contributed by atoms with E-state index >= 15 is 0 Å². The van der Waals surface area contributed by atoms with Crippen LogP contribution in [0.1, 0.15) is 0 Å². The van der Waals surface area contributed by atoms with E-state index in [1.165, 1.54) is 0 Å². The van der Waals surface area contributed by atoms with Gasteiger partial charge in [-0.15, -0.1) is 0 Å². The van der Waals surface area contributed by atoms with Gasteiger partial charge in [0.25, 0.3) is 0 Å². The Bertz CT molecular complexity index is 204. The van der Waals surface area contributed by atoms with Crippen LogP contribution in [0.5, 0.6) is 0 Å². The lowest BCUT2D eigenvalue weighted by molar-refractivity contribution is -0.128. The molecule has 0 amide bonds. The van der Waals surface area contributed by atoms with Crippen molar-refractivity contribution >= 4 is 25.8 Å². The molecule has 0 atom stereocenters. The highest BCUT2D eigenvalue weighted by Crippen LogP contribution is 2.42. The lowest BCUT2D eigenvalue weighted by Crippen LogP contribution is -2.43. The van der Waals surface area contributed by atoms with Gasteiger partial charge in [-0.05, 0) is 0 Å². The van der Waals surface area contributed by atoms with Crippen molar-refractivity contribution in [2.24, 2.45) is 0 Å². The maximum Gasteiger partial charge on any atom is 0.316 e. The van der Waals surface area contributed by atoms with Crippen LogP contribution in [0.2, 0.25) is 0 Å². The summed E-state index contributed by atoms with van der Waals surface area (Å²) in [4.78, 5) is 9.73. The standard InChI is InChI=1S/C2H6FN4O2PS/c3-2(8)1-4-5-10(9)6-11-7-10/h4H,1H2,(H3,5,6,7,9). The number of halogens is 1. The van der Waals surface area contributed by atoms with Crippen LogP contribution in [-0.2, 0) is 9.36 Å². The highest BCUT2D eigenvalue weighted by atomic mass is 32.2. The first-order chi connectivity index (χ1) is 5.12. The van der Waals surface area contributed by atoms with Crippen molar-refractivity contribution in [1.82, 2.24) is 19.6 Å². The Kier molecular flexibility index (Phi) is 2.99. The number of carbonyl (C=O) groups excluding carboxylic acids is 1. The van der Waals surface area contributed by atoms with E-state index in [0.717, 1.165) is 12.1 Å². The Labute approximate surface area is 66.4 Å². The lowest BCUT2D eigenvalue weighted by Gasteiger charge is -2.27. The van der Waals surface area contributed by atoms with Crippen molar-refractivity contribution < 1.29 is 13.8 Å². The van der Waals surface area contributed by atoms with Crippen LogP contribution in [0.15, 0.2) is 0 Å². The molecule has 0 aromatic rings. The minimum Gasteiger partial charge on any atom is -0.268 e. The van der Waals surface area contributed by atoms with Crippen LogP contribution in [0.4, 0.5) is 4.39 Å². The molecule has 0 aromatic heterocycles. The summed E-state index contributed by atoms with van der Waals surface area (Å²) >= 11 is 1.06. The van der Waals surface area contributed by atoms with E-state index < -0.39 is 20.2 Å². The van der Waals surface area contributed by atoms with Crippen LogP contribution in [-0.4, -0.2) is 12.6 Å². The third-order valence-electron chi connectivity index (χ3n) is 0.812. The molecule has 64 valence electrons. The summed E-state index contributed by atoms with van der Waals surface area (Å²) in [5.41, 5.74) is 2.15. The maximum absolute atomic E-state index is 11.5. The van der Waals surface area contributed by atoms with Crippen molar-refractivity contribution in [1.29, 1.82) is 0 Å². The Balaban J connectivity index is 2.12. The zero-order chi connectivity index (χ0) is 8.32. The maximum atomic E-state index is 11.5. The SMILES string of the molecule is O=C(F)CNNP1(=O)NSN1. The molecule has 1 rings (SSSR count). The van der Waals surface area contributed by atoms with Crippen LogP contribution in [0, 0.1) is 0 Å². The molecule has 0 unspecified atom stereocenters. The average molecular weight is 200 g/mol. The number of rotatable bonds is 4. The molecule has 1 fully saturated rings. The predicted octanol–water partition coefficient (Wildman–Crippen LogP) is -0.559. The quantitative estimate of drug-likeness (QED) is 0.209. The van der Waals surface area contributed by atoms with Gasteiger partial charge in [-0.3, -0.25) is 9.36 Å². The van der Waals surface area contributed by atoms with Gasteiger partial charge in [0.1, 0.15) is 6.54 Å². The Morgan fingerprint density at radius 1 is 1.64 bits per heavy atom. The van der Waals surface area contributed by atoms with Crippen molar-refractivity contribution in [3.05, 3.63) is 0 Å². The highest BCUT2D eigenvalue weighted by molar-refractivity contribution is 8.11. The number of hydrogen-bond acceptors (Lipinski definition) is 4. The first kappa shape index (κ1) is 9.11. The number of carbonyl (C=O) groups is 1. The molecule has 0 spiro atoms. The molecule has 1 aliphatic heterocycles. The van der Waals surface area contributed by atoms with Gasteiger partial charge >= 0.3 is 13.6 Å². The van der Waals surface area contributed by atoms with E-state index in [4.69, 9.17) is 0 Å². The van der Waals surface area contributed by atoms with E-state index in [0.29, 0.717) is 0 Å². The van der Waals surface area contributed by atoms with Gasteiger partial charge < -0.3 is 0 Å². The van der Waals surface area contributed by atoms with Gasteiger partial charge in [0.05, 0.1) is 0 Å². The van der Waals surface area contributed by atoms with Gasteiger partial charge in [0.2, 0.25) is 0 Å². The molecule has 1 aliphatic rings. The van der Waals surface area contributed by atoms with Crippen molar-refractivity contribution in [2.45, 2.75) is 0 Å². The fourth-order valence-corrected chi connectivity index (χ4v) is 2.09. The monoisotopic (exact) mass is 200 g/mol. The molecule has 0 bridgehead atoms. The number of nitrogens with one attached hydrogen (secondary N) is 4. The molecule has 0 saturated carbocycles. The summed E-state index contributed by atoms with van der Waals surface area (Å²) in [6.45, 7) is -0.502. The topological polar surface area (TPSA) is 82.3 Å². The number of hydrogen-bond donors (Lipinski definition) is 4. The molecule has 0 aromatic carbocycles. The third-order valence-corrected chi connectivity index (χ3v) is 4.07. The normalized spacial score (nSPS) is 20.8. The predicted molar refractivity (Wildman–Crippen MR) is 38.7 cm³/mol. The van der Waals surface area contributed by atoms with Gasteiger partial charge in [0.15, 0.2) is 0 Å². The van der Waals surface area contributed by atoms with E-state index in [1.54, 1.807) is 0 Å². The summed E-state index contributed by atoms with van der Waals surface area (Å²) in [5.74, 6) is 0. The van der Waals surface area contributed by atoms with Gasteiger partial charge in [0, 0.05) is 12.1 Å². The summed E-state index contributed by atoms with van der Waals surface area (Å²) < 4.78 is 27.4. The second kappa shape index (κ2) is 3.61. The van der Waals surface area contributed by atoms with Crippen molar-refractivity contribution in [2.75, 3.05) is 6.54 Å². The summed E-state index contributed by atoms with van der Waals surface area (Å²) in [5, 5.41) is 2.23. The molecule has 9 heteroatoms. The summed E-state index contributed by atoms with van der Waals surface area (Å²) in [6.07, 6.45) is 0. The first-order valence-electron chi connectivity index (χ1n) is 2.61. The third kappa shape index (κ3) is 2.86. The summed E-state index contributed by atoms with van der Waals surface area (Å²) in [6, 6.07) is -1.52. The zero-order valence-corrected chi connectivity index (χ0v) is 6.97. The smallest absolute Gasteiger partial charge is 0.268 e. The second-order valence-electron chi connectivity index (χ2n) is 1.71. The van der Waals surface area contributed by atoms with E-state index in [2.05, 4.69) is 19.6 Å². The van der Waals surface area contributed by atoms with Gasteiger partial charge in [-0.1, -0.05) is 0 Å². The van der Waals surface area contributed by atoms with Crippen LogP contribution in [0.3, 0.4) is 0 Å². The fraction of sp³-hybridized carbons (Fsp3) is 0.500. The molecular weight excluding hydrogens is 194 g/mol.